The molecule has 0 aliphatic rings. The quantitative estimate of drug-likeness (QED) is 0.606. The van der Waals surface area contributed by atoms with Gasteiger partial charge in [-0.25, -0.2) is 0 Å². The van der Waals surface area contributed by atoms with E-state index in [1.807, 2.05) is 76.2 Å². The smallest absolute Gasteiger partial charge is 0.242 e. The van der Waals surface area contributed by atoms with Gasteiger partial charge in [0.25, 0.3) is 0 Å². The third-order valence-electron chi connectivity index (χ3n) is 5.03. The van der Waals surface area contributed by atoms with Crippen molar-refractivity contribution in [3.8, 4) is 0 Å². The molecule has 0 fully saturated rings. The topological polar surface area (TPSA) is 49.4 Å². The van der Waals surface area contributed by atoms with E-state index in [9.17, 15) is 9.59 Å². The summed E-state index contributed by atoms with van der Waals surface area (Å²) in [4.78, 5) is 28.5. The SMILES string of the molecule is CC[C@@H](C)NC(=O)[C@H](C)N(Cc1ccc(C)cc1)C(=O)CSc1ccc(C)cc1. The first-order chi connectivity index (χ1) is 13.8. The zero-order chi connectivity index (χ0) is 21.4. The Morgan fingerprint density at radius 1 is 0.966 bits per heavy atom. The van der Waals surface area contributed by atoms with Crippen LogP contribution in [0.15, 0.2) is 53.4 Å². The van der Waals surface area contributed by atoms with E-state index >= 15 is 0 Å². The maximum absolute atomic E-state index is 13.1. The minimum Gasteiger partial charge on any atom is -0.352 e. The summed E-state index contributed by atoms with van der Waals surface area (Å²) in [5, 5.41) is 3.00. The predicted octanol–water partition coefficient (Wildman–Crippen LogP) is 4.73. The van der Waals surface area contributed by atoms with E-state index in [4.69, 9.17) is 0 Å². The second kappa shape index (κ2) is 11.1. The number of hydrogen-bond acceptors (Lipinski definition) is 3. The number of amides is 2. The molecule has 0 saturated heterocycles. The van der Waals surface area contributed by atoms with Gasteiger partial charge in [-0.1, -0.05) is 54.4 Å². The maximum atomic E-state index is 13.1. The molecule has 1 N–H and O–H groups in total. The van der Waals surface area contributed by atoms with Gasteiger partial charge in [-0.05, 0) is 51.8 Å². The Hall–Kier alpha value is -2.27. The number of carbonyl (C=O) groups is 2. The fraction of sp³-hybridized carbons (Fsp3) is 0.417. The Kier molecular flexibility index (Phi) is 8.77. The Bertz CT molecular complexity index is 803. The van der Waals surface area contributed by atoms with E-state index in [1.54, 1.807) is 11.8 Å². The largest absolute Gasteiger partial charge is 0.352 e. The van der Waals surface area contributed by atoms with Gasteiger partial charge >= 0.3 is 0 Å². The highest BCUT2D eigenvalue weighted by Gasteiger charge is 2.26. The molecule has 4 nitrogen and oxygen atoms in total. The van der Waals surface area contributed by atoms with Crippen molar-refractivity contribution in [2.24, 2.45) is 0 Å². The molecule has 2 atom stereocenters. The van der Waals surface area contributed by atoms with Crippen molar-refractivity contribution in [2.45, 2.75) is 64.6 Å². The number of carbonyl (C=O) groups excluding carboxylic acids is 2. The number of hydrogen-bond donors (Lipinski definition) is 1. The molecule has 0 heterocycles. The highest BCUT2D eigenvalue weighted by Crippen LogP contribution is 2.20. The highest BCUT2D eigenvalue weighted by atomic mass is 32.2. The molecule has 29 heavy (non-hydrogen) atoms. The van der Waals surface area contributed by atoms with Crippen LogP contribution in [0.25, 0.3) is 0 Å². The van der Waals surface area contributed by atoms with Crippen molar-refractivity contribution in [2.75, 3.05) is 5.75 Å². The van der Waals surface area contributed by atoms with E-state index in [1.165, 1.54) is 22.9 Å². The van der Waals surface area contributed by atoms with E-state index in [0.29, 0.717) is 12.3 Å². The first kappa shape index (κ1) is 23.0. The lowest BCUT2D eigenvalue weighted by molar-refractivity contribution is -0.138. The molecule has 0 aliphatic heterocycles. The van der Waals surface area contributed by atoms with Gasteiger partial charge in [0.2, 0.25) is 11.8 Å². The van der Waals surface area contributed by atoms with Gasteiger partial charge in [-0.3, -0.25) is 9.59 Å². The molecule has 5 heteroatoms. The Morgan fingerprint density at radius 2 is 1.52 bits per heavy atom. The average molecular weight is 413 g/mol. The molecule has 0 radical (unpaired) electrons. The van der Waals surface area contributed by atoms with Crippen LogP contribution in [0.3, 0.4) is 0 Å². The first-order valence-corrected chi connectivity index (χ1v) is 11.1. The summed E-state index contributed by atoms with van der Waals surface area (Å²) in [6.45, 7) is 10.3. The third kappa shape index (κ3) is 7.24. The number of benzene rings is 2. The molecule has 0 aliphatic carbocycles. The van der Waals surface area contributed by atoms with E-state index < -0.39 is 6.04 Å². The van der Waals surface area contributed by atoms with Gasteiger partial charge < -0.3 is 10.2 Å². The zero-order valence-corrected chi connectivity index (χ0v) is 18.9. The van der Waals surface area contributed by atoms with Crippen molar-refractivity contribution in [3.63, 3.8) is 0 Å². The molecule has 2 amide bonds. The summed E-state index contributed by atoms with van der Waals surface area (Å²) < 4.78 is 0. The van der Waals surface area contributed by atoms with Crippen molar-refractivity contribution < 1.29 is 9.59 Å². The van der Waals surface area contributed by atoms with Gasteiger partial charge in [0.05, 0.1) is 5.75 Å². The van der Waals surface area contributed by atoms with Crippen LogP contribution in [0.2, 0.25) is 0 Å². The maximum Gasteiger partial charge on any atom is 0.242 e. The van der Waals surface area contributed by atoms with Crippen LogP contribution in [0.5, 0.6) is 0 Å². The third-order valence-corrected chi connectivity index (χ3v) is 6.02. The van der Waals surface area contributed by atoms with E-state index in [0.717, 1.165) is 16.9 Å². The van der Waals surface area contributed by atoms with Gasteiger partial charge in [0, 0.05) is 17.5 Å². The minimum absolute atomic E-state index is 0.0389. The van der Waals surface area contributed by atoms with Crippen LogP contribution in [-0.4, -0.2) is 34.6 Å². The highest BCUT2D eigenvalue weighted by molar-refractivity contribution is 8.00. The molecule has 0 unspecified atom stereocenters. The minimum atomic E-state index is -0.531. The summed E-state index contributed by atoms with van der Waals surface area (Å²) in [6.07, 6.45) is 0.855. The van der Waals surface area contributed by atoms with Crippen LogP contribution < -0.4 is 5.32 Å². The first-order valence-electron chi connectivity index (χ1n) is 10.1. The van der Waals surface area contributed by atoms with Gasteiger partial charge in [-0.15, -0.1) is 11.8 Å². The van der Waals surface area contributed by atoms with E-state index in [-0.39, 0.29) is 17.9 Å². The lowest BCUT2D eigenvalue weighted by Gasteiger charge is -2.29. The molecule has 2 aromatic carbocycles. The number of nitrogens with zero attached hydrogens (tertiary/aromatic N) is 1. The molecule has 156 valence electrons. The Morgan fingerprint density at radius 3 is 2.07 bits per heavy atom. The standard InChI is InChI=1S/C24H32N2O2S/c1-6-19(4)25-24(28)20(5)26(15-21-11-7-17(2)8-12-21)23(27)16-29-22-13-9-18(3)10-14-22/h7-14,19-20H,6,15-16H2,1-5H3,(H,25,28)/t19-,20+/m1/s1. The number of thioether (sulfide) groups is 1. The molecule has 0 spiro atoms. The fourth-order valence-corrected chi connectivity index (χ4v) is 3.59. The lowest BCUT2D eigenvalue weighted by Crippen LogP contribution is -2.50. The van der Waals surface area contributed by atoms with Crippen LogP contribution >= 0.6 is 11.8 Å². The molecule has 2 aromatic rings. The molecular weight excluding hydrogens is 380 g/mol. The second-order valence-electron chi connectivity index (χ2n) is 7.60. The summed E-state index contributed by atoms with van der Waals surface area (Å²) >= 11 is 1.50. The summed E-state index contributed by atoms with van der Waals surface area (Å²) in [6, 6.07) is 15.8. The Labute approximate surface area is 179 Å². The van der Waals surface area contributed by atoms with Crippen LogP contribution in [0.1, 0.15) is 43.9 Å². The Balaban J connectivity index is 2.13. The van der Waals surface area contributed by atoms with Gasteiger partial charge in [-0.2, -0.15) is 0 Å². The monoisotopic (exact) mass is 412 g/mol. The van der Waals surface area contributed by atoms with Crippen molar-refractivity contribution in [1.29, 1.82) is 0 Å². The second-order valence-corrected chi connectivity index (χ2v) is 8.65. The predicted molar refractivity (Wildman–Crippen MR) is 121 cm³/mol. The van der Waals surface area contributed by atoms with Crippen LogP contribution in [0.4, 0.5) is 0 Å². The number of aryl methyl sites for hydroxylation is 2. The molecule has 0 bridgehead atoms. The van der Waals surface area contributed by atoms with Gasteiger partial charge in [0.1, 0.15) is 6.04 Å². The normalized spacial score (nSPS) is 12.9. The van der Waals surface area contributed by atoms with Gasteiger partial charge in [0.15, 0.2) is 0 Å². The summed E-state index contributed by atoms with van der Waals surface area (Å²) in [7, 11) is 0. The molecule has 0 saturated carbocycles. The van der Waals surface area contributed by atoms with Crippen molar-refractivity contribution >= 4 is 23.6 Å². The van der Waals surface area contributed by atoms with Crippen molar-refractivity contribution in [1.82, 2.24) is 10.2 Å². The zero-order valence-electron chi connectivity index (χ0n) is 18.1. The number of rotatable bonds is 9. The summed E-state index contributed by atoms with van der Waals surface area (Å²) in [5.74, 6) is 0.152. The number of nitrogens with one attached hydrogen (secondary N) is 1. The molecule has 0 aromatic heterocycles. The molecule has 2 rings (SSSR count). The molecular formula is C24H32N2O2S. The fourth-order valence-electron chi connectivity index (χ4n) is 2.80. The summed E-state index contributed by atoms with van der Waals surface area (Å²) in [5.41, 5.74) is 3.38. The van der Waals surface area contributed by atoms with E-state index in [2.05, 4.69) is 5.32 Å². The van der Waals surface area contributed by atoms with Crippen LogP contribution in [-0.2, 0) is 16.1 Å². The lowest BCUT2D eigenvalue weighted by atomic mass is 10.1. The van der Waals surface area contributed by atoms with Crippen molar-refractivity contribution in [3.05, 3.63) is 65.2 Å². The van der Waals surface area contributed by atoms with Crippen LogP contribution in [0, 0.1) is 13.8 Å². The average Bonchev–Trinajstić information content (AvgIpc) is 2.72.